The summed E-state index contributed by atoms with van der Waals surface area (Å²) in [6, 6.07) is 14.7. The lowest BCUT2D eigenvalue weighted by atomic mass is 10.0. The third kappa shape index (κ3) is 4.58. The van der Waals surface area contributed by atoms with Crippen LogP contribution in [-0.2, 0) is 27.7 Å². The average molecular weight is 468 g/mol. The van der Waals surface area contributed by atoms with Crippen molar-refractivity contribution in [3.63, 3.8) is 0 Å². The molecule has 0 saturated heterocycles. The third-order valence-corrected chi connectivity index (χ3v) is 8.09. The minimum atomic E-state index is -3.54. The first-order valence-electron chi connectivity index (χ1n) is 11.3. The maximum absolute atomic E-state index is 13.2. The Balaban J connectivity index is 1.57. The monoisotopic (exact) mass is 467 g/mol. The molecule has 3 aromatic rings. The smallest absolute Gasteiger partial charge is 0.243 e. The molecule has 4 rings (SSSR count). The van der Waals surface area contributed by atoms with E-state index in [1.165, 1.54) is 4.31 Å². The van der Waals surface area contributed by atoms with Gasteiger partial charge in [0.2, 0.25) is 21.8 Å². The first kappa shape index (κ1) is 23.2. The second-order valence-electron chi connectivity index (χ2n) is 8.09. The lowest BCUT2D eigenvalue weighted by Gasteiger charge is -2.30. The van der Waals surface area contributed by atoms with E-state index < -0.39 is 10.0 Å². The summed E-state index contributed by atoms with van der Waals surface area (Å²) in [5.74, 6) is 1.05. The van der Waals surface area contributed by atoms with E-state index in [0.29, 0.717) is 37.0 Å². The van der Waals surface area contributed by atoms with Gasteiger partial charge in [-0.3, -0.25) is 4.79 Å². The Kier molecular flexibility index (Phi) is 6.67. The van der Waals surface area contributed by atoms with E-state index >= 15 is 0 Å². The largest absolute Gasteiger partial charge is 0.441 e. The van der Waals surface area contributed by atoms with E-state index in [0.717, 1.165) is 29.7 Å². The number of sulfonamides is 1. The molecule has 0 spiro atoms. The molecule has 0 radical (unpaired) electrons. The van der Waals surface area contributed by atoms with Crippen LogP contribution in [-0.4, -0.2) is 43.2 Å². The second-order valence-corrected chi connectivity index (χ2v) is 10.0. The van der Waals surface area contributed by atoms with Gasteiger partial charge >= 0.3 is 0 Å². The van der Waals surface area contributed by atoms with Gasteiger partial charge in [0.1, 0.15) is 5.76 Å². The molecule has 2 aromatic carbocycles. The van der Waals surface area contributed by atoms with Crippen LogP contribution < -0.4 is 4.90 Å². The molecule has 1 aliphatic rings. The number of oxazole rings is 1. The lowest BCUT2D eigenvalue weighted by Crippen LogP contribution is -2.37. The number of hydrogen-bond acceptors (Lipinski definition) is 5. The number of hydrogen-bond donors (Lipinski definition) is 0. The van der Waals surface area contributed by atoms with Crippen LogP contribution in [0.5, 0.6) is 0 Å². The number of aromatic nitrogens is 1. The van der Waals surface area contributed by atoms with E-state index in [9.17, 15) is 13.2 Å². The summed E-state index contributed by atoms with van der Waals surface area (Å²) in [6.07, 6.45) is 1.64. The van der Waals surface area contributed by atoms with Gasteiger partial charge in [-0.1, -0.05) is 32.0 Å². The lowest BCUT2D eigenvalue weighted by molar-refractivity contribution is -0.118. The molecule has 0 N–H and O–H groups in total. The Hall–Kier alpha value is -2.97. The van der Waals surface area contributed by atoms with E-state index in [2.05, 4.69) is 4.98 Å². The Morgan fingerprint density at radius 1 is 1.12 bits per heavy atom. The zero-order chi connectivity index (χ0) is 23.6. The highest BCUT2D eigenvalue weighted by molar-refractivity contribution is 7.89. The Morgan fingerprint density at radius 2 is 1.85 bits per heavy atom. The average Bonchev–Trinajstić information content (AvgIpc) is 3.19. The quantitative estimate of drug-likeness (QED) is 0.520. The summed E-state index contributed by atoms with van der Waals surface area (Å²) in [6.45, 7) is 6.90. The van der Waals surface area contributed by atoms with Gasteiger partial charge in [-0.2, -0.15) is 4.31 Å². The van der Waals surface area contributed by atoms with Gasteiger partial charge in [0.25, 0.3) is 0 Å². The van der Waals surface area contributed by atoms with Gasteiger partial charge in [-0.25, -0.2) is 13.4 Å². The van der Waals surface area contributed by atoms with Crippen molar-refractivity contribution in [3.8, 4) is 11.5 Å². The van der Waals surface area contributed by atoms with Crippen molar-refractivity contribution in [1.29, 1.82) is 0 Å². The number of rotatable bonds is 7. The molecule has 0 fully saturated rings. The molecule has 7 nitrogen and oxygen atoms in total. The maximum Gasteiger partial charge on any atom is 0.243 e. The minimum Gasteiger partial charge on any atom is -0.441 e. The second kappa shape index (κ2) is 9.49. The highest BCUT2D eigenvalue weighted by Gasteiger charge is 2.28. The van der Waals surface area contributed by atoms with Gasteiger partial charge in [-0.05, 0) is 55.7 Å². The molecule has 0 aliphatic carbocycles. The van der Waals surface area contributed by atoms with Crippen molar-refractivity contribution in [2.24, 2.45) is 0 Å². The van der Waals surface area contributed by atoms with Gasteiger partial charge in [-0.15, -0.1) is 0 Å². The molecule has 0 unspecified atom stereocenters. The van der Waals surface area contributed by atoms with E-state index in [4.69, 9.17) is 4.42 Å². The fourth-order valence-electron chi connectivity index (χ4n) is 4.24. The van der Waals surface area contributed by atoms with Crippen molar-refractivity contribution in [2.45, 2.75) is 44.9 Å². The van der Waals surface area contributed by atoms with Gasteiger partial charge in [0.05, 0.1) is 17.0 Å². The number of amides is 1. The molecule has 33 heavy (non-hydrogen) atoms. The van der Waals surface area contributed by atoms with E-state index in [-0.39, 0.29) is 17.2 Å². The summed E-state index contributed by atoms with van der Waals surface area (Å²) < 4.78 is 33.1. The number of carbonyl (C=O) groups is 1. The molecule has 0 bridgehead atoms. The number of anilines is 1. The zero-order valence-corrected chi connectivity index (χ0v) is 20.1. The topological polar surface area (TPSA) is 83.7 Å². The number of fused-ring (bicyclic) bond motifs is 1. The predicted octanol–water partition coefficient (Wildman–Crippen LogP) is 4.20. The van der Waals surface area contributed by atoms with Crippen LogP contribution in [0.3, 0.4) is 0 Å². The van der Waals surface area contributed by atoms with Crippen molar-refractivity contribution < 1.29 is 17.6 Å². The summed E-state index contributed by atoms with van der Waals surface area (Å²) in [5, 5.41) is 0. The summed E-state index contributed by atoms with van der Waals surface area (Å²) in [5.41, 5.74) is 3.13. The van der Waals surface area contributed by atoms with Gasteiger partial charge in [0, 0.05) is 30.9 Å². The molecule has 1 aliphatic heterocycles. The predicted molar refractivity (Wildman–Crippen MR) is 128 cm³/mol. The molecule has 2 heterocycles. The molecule has 1 amide bonds. The van der Waals surface area contributed by atoms with Crippen LogP contribution in [0.25, 0.3) is 11.5 Å². The fourth-order valence-corrected chi connectivity index (χ4v) is 5.75. The van der Waals surface area contributed by atoms with Crippen molar-refractivity contribution in [1.82, 2.24) is 9.29 Å². The Bertz CT molecular complexity index is 1250. The first-order valence-corrected chi connectivity index (χ1v) is 12.7. The molecule has 174 valence electrons. The summed E-state index contributed by atoms with van der Waals surface area (Å²) in [4.78, 5) is 19.8. The number of benzene rings is 2. The van der Waals surface area contributed by atoms with Crippen LogP contribution in [0, 0.1) is 6.92 Å². The van der Waals surface area contributed by atoms with Gasteiger partial charge < -0.3 is 9.32 Å². The fraction of sp³-hybridized carbons (Fsp3) is 0.360. The van der Waals surface area contributed by atoms with Crippen molar-refractivity contribution in [2.75, 3.05) is 24.5 Å². The third-order valence-electron chi connectivity index (χ3n) is 6.05. The van der Waals surface area contributed by atoms with Crippen LogP contribution in [0.1, 0.15) is 37.3 Å². The van der Waals surface area contributed by atoms with Crippen molar-refractivity contribution >= 4 is 21.6 Å². The Morgan fingerprint density at radius 3 is 2.55 bits per heavy atom. The van der Waals surface area contributed by atoms with E-state index in [1.54, 1.807) is 23.1 Å². The first-order chi connectivity index (χ1) is 15.8. The molecule has 0 saturated carbocycles. The molecule has 1 aromatic heterocycles. The minimum absolute atomic E-state index is 0.0775. The molecular formula is C25H29N3O4S. The summed E-state index contributed by atoms with van der Waals surface area (Å²) >= 11 is 0. The normalized spacial score (nSPS) is 13.9. The van der Waals surface area contributed by atoms with Crippen molar-refractivity contribution in [3.05, 3.63) is 65.5 Å². The van der Waals surface area contributed by atoms with Crippen LogP contribution in [0.2, 0.25) is 0 Å². The number of carbonyl (C=O) groups excluding carboxylic acids is 1. The van der Waals surface area contributed by atoms with Crippen LogP contribution in [0.4, 0.5) is 5.69 Å². The highest BCUT2D eigenvalue weighted by Crippen LogP contribution is 2.31. The van der Waals surface area contributed by atoms with Crippen LogP contribution >= 0.6 is 0 Å². The molecule has 0 atom stereocenters. The molecule has 8 heteroatoms. The SMILES string of the molecule is CCN(CC)S(=O)(=O)c1ccc2c(c1)CCCN2C(=O)Cc1nc(-c2ccccc2)oc1C. The van der Waals surface area contributed by atoms with Gasteiger partial charge in [0.15, 0.2) is 0 Å². The van der Waals surface area contributed by atoms with E-state index in [1.807, 2.05) is 51.1 Å². The maximum atomic E-state index is 13.2. The molecular weight excluding hydrogens is 438 g/mol. The highest BCUT2D eigenvalue weighted by atomic mass is 32.2. The number of aryl methyl sites for hydroxylation is 2. The Labute approximate surface area is 195 Å². The standard InChI is InChI=1S/C25H29N3O4S/c1-4-27(5-2)33(30,31)21-13-14-23-20(16-21)12-9-15-28(23)24(29)17-22-18(3)32-25(26-22)19-10-7-6-8-11-19/h6-8,10-11,13-14,16H,4-5,9,12,15,17H2,1-3H3. The zero-order valence-electron chi connectivity index (χ0n) is 19.2. The summed E-state index contributed by atoms with van der Waals surface area (Å²) in [7, 11) is -3.54. The number of nitrogens with zero attached hydrogens (tertiary/aromatic N) is 3. The van der Waals surface area contributed by atoms with Crippen LogP contribution in [0.15, 0.2) is 57.8 Å².